The van der Waals surface area contributed by atoms with Crippen LogP contribution in [0.15, 0.2) is 18.3 Å². The molecular formula is C8H13N3. The molecule has 1 aromatic heterocycles. The summed E-state index contributed by atoms with van der Waals surface area (Å²) < 4.78 is 1.48. The number of nitrogens with two attached hydrogens (primary N) is 1. The lowest BCUT2D eigenvalue weighted by Gasteiger charge is -2.02. The molecule has 0 aliphatic rings. The van der Waals surface area contributed by atoms with E-state index < -0.39 is 0 Å². The van der Waals surface area contributed by atoms with Crippen LogP contribution in [0.4, 0.5) is 0 Å². The summed E-state index contributed by atoms with van der Waals surface area (Å²) in [6.07, 6.45) is 3.53. The van der Waals surface area contributed by atoms with Crippen molar-refractivity contribution >= 4 is 5.71 Å². The third-order valence-electron chi connectivity index (χ3n) is 1.59. The maximum absolute atomic E-state index is 7.59. The molecule has 60 valence electrons. The lowest BCUT2D eigenvalue weighted by Crippen LogP contribution is -2.14. The summed E-state index contributed by atoms with van der Waals surface area (Å²) in [5.41, 5.74) is 1.42. The van der Waals surface area contributed by atoms with Gasteiger partial charge in [0.05, 0.1) is 11.4 Å². The summed E-state index contributed by atoms with van der Waals surface area (Å²) >= 11 is 0. The standard InChI is InChI=1S/C8H13N3/c1-2-4-7(9)8-5-3-6-11(8)10/h3,5-6,9H,2,4,10H2,1H3. The van der Waals surface area contributed by atoms with Crippen molar-refractivity contribution < 1.29 is 0 Å². The Morgan fingerprint density at radius 2 is 2.45 bits per heavy atom. The van der Waals surface area contributed by atoms with Gasteiger partial charge in [0, 0.05) is 6.20 Å². The first kappa shape index (κ1) is 7.85. The molecule has 3 heteroatoms. The van der Waals surface area contributed by atoms with Crippen LogP contribution >= 0.6 is 0 Å². The number of hydrogen-bond acceptors (Lipinski definition) is 2. The van der Waals surface area contributed by atoms with Crippen LogP contribution in [0.25, 0.3) is 0 Å². The molecule has 0 aliphatic heterocycles. The van der Waals surface area contributed by atoms with Crippen molar-refractivity contribution in [1.82, 2.24) is 4.68 Å². The van der Waals surface area contributed by atoms with Gasteiger partial charge in [-0.3, -0.25) is 4.68 Å². The second-order valence-electron chi connectivity index (χ2n) is 2.53. The van der Waals surface area contributed by atoms with Crippen LogP contribution < -0.4 is 5.84 Å². The zero-order chi connectivity index (χ0) is 8.27. The van der Waals surface area contributed by atoms with Crippen LogP contribution in [0, 0.1) is 5.41 Å². The van der Waals surface area contributed by atoms with Crippen molar-refractivity contribution in [2.75, 3.05) is 5.84 Å². The molecule has 0 spiro atoms. The first-order chi connectivity index (χ1) is 5.25. The largest absolute Gasteiger partial charge is 0.339 e. The molecule has 0 fully saturated rings. The molecule has 0 amide bonds. The average Bonchev–Trinajstić information content (AvgIpc) is 2.36. The highest BCUT2D eigenvalue weighted by Gasteiger charge is 2.02. The monoisotopic (exact) mass is 151 g/mol. The van der Waals surface area contributed by atoms with Crippen LogP contribution in [-0.4, -0.2) is 10.4 Å². The maximum Gasteiger partial charge on any atom is 0.0825 e. The normalized spacial score (nSPS) is 9.91. The Morgan fingerprint density at radius 3 is 2.91 bits per heavy atom. The second kappa shape index (κ2) is 3.23. The van der Waals surface area contributed by atoms with Crippen molar-refractivity contribution in [3.63, 3.8) is 0 Å². The minimum absolute atomic E-state index is 0.611. The Morgan fingerprint density at radius 1 is 1.73 bits per heavy atom. The van der Waals surface area contributed by atoms with Crippen LogP contribution in [-0.2, 0) is 0 Å². The summed E-state index contributed by atoms with van der Waals surface area (Å²) in [5, 5.41) is 7.59. The fourth-order valence-electron chi connectivity index (χ4n) is 1.03. The number of aromatic nitrogens is 1. The molecule has 3 N–H and O–H groups in total. The van der Waals surface area contributed by atoms with Crippen molar-refractivity contribution in [3.05, 3.63) is 24.0 Å². The van der Waals surface area contributed by atoms with E-state index in [1.807, 2.05) is 12.1 Å². The van der Waals surface area contributed by atoms with Gasteiger partial charge in [-0.2, -0.15) is 0 Å². The van der Waals surface area contributed by atoms with E-state index in [1.54, 1.807) is 6.20 Å². The molecule has 0 saturated carbocycles. The van der Waals surface area contributed by atoms with E-state index in [1.165, 1.54) is 4.68 Å². The molecule has 0 aliphatic carbocycles. The molecule has 1 rings (SSSR count). The molecule has 0 atom stereocenters. The van der Waals surface area contributed by atoms with Crippen LogP contribution in [0.2, 0.25) is 0 Å². The van der Waals surface area contributed by atoms with E-state index in [2.05, 4.69) is 6.92 Å². The zero-order valence-electron chi connectivity index (χ0n) is 6.67. The highest BCUT2D eigenvalue weighted by molar-refractivity contribution is 5.96. The van der Waals surface area contributed by atoms with Gasteiger partial charge >= 0.3 is 0 Å². The smallest absolute Gasteiger partial charge is 0.0825 e. The molecule has 11 heavy (non-hydrogen) atoms. The van der Waals surface area contributed by atoms with Gasteiger partial charge in [-0.1, -0.05) is 13.3 Å². The molecule has 0 bridgehead atoms. The lowest BCUT2D eigenvalue weighted by atomic mass is 10.2. The van der Waals surface area contributed by atoms with Gasteiger partial charge in [0.15, 0.2) is 0 Å². The Kier molecular flexibility index (Phi) is 2.31. The van der Waals surface area contributed by atoms with Crippen molar-refractivity contribution in [2.24, 2.45) is 0 Å². The summed E-state index contributed by atoms with van der Waals surface area (Å²) in [4.78, 5) is 0. The maximum atomic E-state index is 7.59. The summed E-state index contributed by atoms with van der Waals surface area (Å²) in [6.45, 7) is 2.05. The van der Waals surface area contributed by atoms with Crippen LogP contribution in [0.1, 0.15) is 25.5 Å². The van der Waals surface area contributed by atoms with Crippen molar-refractivity contribution in [2.45, 2.75) is 19.8 Å². The molecule has 0 aromatic carbocycles. The number of hydrogen-bond donors (Lipinski definition) is 2. The molecule has 0 unspecified atom stereocenters. The third kappa shape index (κ3) is 1.61. The first-order valence-corrected chi connectivity index (χ1v) is 3.76. The number of nitrogen functional groups attached to an aromatic ring is 1. The van der Waals surface area contributed by atoms with Gasteiger partial charge in [0.25, 0.3) is 0 Å². The number of nitrogens with zero attached hydrogens (tertiary/aromatic N) is 1. The first-order valence-electron chi connectivity index (χ1n) is 3.76. The Bertz CT molecular complexity index is 250. The van der Waals surface area contributed by atoms with Crippen LogP contribution in [0.5, 0.6) is 0 Å². The van der Waals surface area contributed by atoms with E-state index in [9.17, 15) is 0 Å². The summed E-state index contributed by atoms with van der Waals surface area (Å²) in [6, 6.07) is 3.71. The van der Waals surface area contributed by atoms with Gasteiger partial charge in [-0.05, 0) is 18.6 Å². The Balaban J connectivity index is 2.76. The number of rotatable bonds is 3. The minimum Gasteiger partial charge on any atom is -0.339 e. The molecule has 0 radical (unpaired) electrons. The Labute approximate surface area is 66.3 Å². The summed E-state index contributed by atoms with van der Waals surface area (Å²) in [7, 11) is 0. The van der Waals surface area contributed by atoms with Gasteiger partial charge in [0.2, 0.25) is 0 Å². The van der Waals surface area contributed by atoms with Gasteiger partial charge in [-0.25, -0.2) is 0 Å². The van der Waals surface area contributed by atoms with Crippen LogP contribution in [0.3, 0.4) is 0 Å². The highest BCUT2D eigenvalue weighted by atomic mass is 15.3. The average molecular weight is 151 g/mol. The molecular weight excluding hydrogens is 138 g/mol. The van der Waals surface area contributed by atoms with Gasteiger partial charge < -0.3 is 11.3 Å². The Hall–Kier alpha value is -1.25. The van der Waals surface area contributed by atoms with Gasteiger partial charge in [0.1, 0.15) is 0 Å². The summed E-state index contributed by atoms with van der Waals surface area (Å²) in [5.74, 6) is 5.55. The van der Waals surface area contributed by atoms with E-state index >= 15 is 0 Å². The van der Waals surface area contributed by atoms with E-state index in [4.69, 9.17) is 11.3 Å². The molecule has 0 saturated heterocycles. The second-order valence-corrected chi connectivity index (χ2v) is 2.53. The fourth-order valence-corrected chi connectivity index (χ4v) is 1.03. The van der Waals surface area contributed by atoms with E-state index in [0.717, 1.165) is 18.5 Å². The zero-order valence-corrected chi connectivity index (χ0v) is 6.67. The predicted octanol–water partition coefficient (Wildman–Crippen LogP) is 1.37. The van der Waals surface area contributed by atoms with Crippen molar-refractivity contribution in [1.29, 1.82) is 5.41 Å². The quantitative estimate of drug-likeness (QED) is 0.497. The van der Waals surface area contributed by atoms with E-state index in [-0.39, 0.29) is 0 Å². The lowest BCUT2D eigenvalue weighted by molar-refractivity contribution is 0.946. The third-order valence-corrected chi connectivity index (χ3v) is 1.59. The highest BCUT2D eigenvalue weighted by Crippen LogP contribution is 2.03. The van der Waals surface area contributed by atoms with Gasteiger partial charge in [-0.15, -0.1) is 0 Å². The molecule has 3 nitrogen and oxygen atoms in total. The fraction of sp³-hybridized carbons (Fsp3) is 0.375. The van der Waals surface area contributed by atoms with E-state index in [0.29, 0.717) is 5.71 Å². The number of nitrogens with one attached hydrogen (secondary N) is 1. The topological polar surface area (TPSA) is 54.8 Å². The van der Waals surface area contributed by atoms with Crippen molar-refractivity contribution in [3.8, 4) is 0 Å². The predicted molar refractivity (Wildman–Crippen MR) is 46.3 cm³/mol. The molecule has 1 heterocycles. The molecule has 1 aromatic rings. The SMILES string of the molecule is CCCC(=N)c1cccn1N. The minimum atomic E-state index is 0.611.